The molecule has 2 rings (SSSR count). The second-order valence-corrected chi connectivity index (χ2v) is 3.57. The maximum Gasteiger partial charge on any atom is 0.223 e. The van der Waals surface area contributed by atoms with Crippen LogP contribution in [0.3, 0.4) is 0 Å². The molecule has 2 heteroatoms. The van der Waals surface area contributed by atoms with Gasteiger partial charge < -0.3 is 9.84 Å². The number of aliphatic hydroxyl groups is 1. The summed E-state index contributed by atoms with van der Waals surface area (Å²) >= 11 is 0. The molecule has 60 valence electrons. The van der Waals surface area contributed by atoms with E-state index >= 15 is 0 Å². The second kappa shape index (κ2) is 1.59. The molecule has 0 saturated carbocycles. The van der Waals surface area contributed by atoms with Crippen molar-refractivity contribution in [3.8, 4) is 0 Å². The average molecular weight is 152 g/mol. The number of fused-ring (bicyclic) bond motifs is 1. The van der Waals surface area contributed by atoms with Crippen molar-refractivity contribution in [3.63, 3.8) is 0 Å². The van der Waals surface area contributed by atoms with Gasteiger partial charge in [0.2, 0.25) is 5.79 Å². The maximum atomic E-state index is 9.76. The van der Waals surface area contributed by atoms with Crippen molar-refractivity contribution in [1.29, 1.82) is 0 Å². The van der Waals surface area contributed by atoms with Gasteiger partial charge in [-0.05, 0) is 32.4 Å². The summed E-state index contributed by atoms with van der Waals surface area (Å²) in [6.07, 6.45) is 3.91. The van der Waals surface area contributed by atoms with E-state index in [1.807, 2.05) is 32.9 Å². The van der Waals surface area contributed by atoms with Crippen LogP contribution in [0, 0.1) is 0 Å². The molecule has 0 amide bonds. The highest BCUT2D eigenvalue weighted by atomic mass is 16.7. The number of hydrogen-bond donors (Lipinski definition) is 1. The molecular formula is C9H12O2. The molecular weight excluding hydrogens is 140 g/mol. The van der Waals surface area contributed by atoms with Crippen molar-refractivity contribution >= 4 is 0 Å². The summed E-state index contributed by atoms with van der Waals surface area (Å²) in [5, 5.41) is 9.76. The van der Waals surface area contributed by atoms with E-state index < -0.39 is 11.4 Å². The Morgan fingerprint density at radius 3 is 2.64 bits per heavy atom. The molecule has 1 N–H and O–H groups in total. The molecule has 2 unspecified atom stereocenters. The molecule has 1 fully saturated rings. The van der Waals surface area contributed by atoms with Gasteiger partial charge in [0.1, 0.15) is 5.60 Å². The van der Waals surface area contributed by atoms with Crippen LogP contribution in [-0.2, 0) is 4.74 Å². The third-order valence-electron chi connectivity index (χ3n) is 2.47. The van der Waals surface area contributed by atoms with Crippen LogP contribution in [0.4, 0.5) is 0 Å². The molecule has 0 spiro atoms. The lowest BCUT2D eigenvalue weighted by Gasteiger charge is -2.14. The standard InChI is InChI=1S/C9H12O2/c1-6-4-7(2)9(10)8(3,5-6)11-9/h4-5,10H,1-3H3. The first-order chi connectivity index (χ1) is 4.98. The summed E-state index contributed by atoms with van der Waals surface area (Å²) in [6.45, 7) is 5.80. The number of hydrogen-bond acceptors (Lipinski definition) is 2. The van der Waals surface area contributed by atoms with Crippen LogP contribution in [0.15, 0.2) is 23.3 Å². The zero-order chi connectivity index (χ0) is 8.28. The largest absolute Gasteiger partial charge is 0.360 e. The van der Waals surface area contributed by atoms with E-state index in [2.05, 4.69) is 0 Å². The minimum atomic E-state index is -0.994. The van der Waals surface area contributed by atoms with Crippen molar-refractivity contribution in [1.82, 2.24) is 0 Å². The Morgan fingerprint density at radius 2 is 2.09 bits per heavy atom. The highest BCUT2D eigenvalue weighted by Crippen LogP contribution is 2.54. The van der Waals surface area contributed by atoms with Gasteiger partial charge in [-0.25, -0.2) is 0 Å². The first-order valence-electron chi connectivity index (χ1n) is 3.79. The fourth-order valence-electron chi connectivity index (χ4n) is 1.80. The van der Waals surface area contributed by atoms with Crippen LogP contribution in [0.25, 0.3) is 0 Å². The minimum absolute atomic E-state index is 0.448. The normalized spacial score (nSPS) is 47.6. The van der Waals surface area contributed by atoms with Gasteiger partial charge >= 0.3 is 0 Å². The minimum Gasteiger partial charge on any atom is -0.360 e. The van der Waals surface area contributed by atoms with Crippen molar-refractivity contribution in [2.75, 3.05) is 0 Å². The van der Waals surface area contributed by atoms with Gasteiger partial charge in [0.25, 0.3) is 0 Å². The summed E-state index contributed by atoms with van der Waals surface area (Å²) in [7, 11) is 0. The molecule has 11 heavy (non-hydrogen) atoms. The van der Waals surface area contributed by atoms with Crippen molar-refractivity contribution in [3.05, 3.63) is 23.3 Å². The fourth-order valence-corrected chi connectivity index (χ4v) is 1.80. The molecule has 0 bridgehead atoms. The molecule has 0 aromatic rings. The van der Waals surface area contributed by atoms with Gasteiger partial charge in [0.15, 0.2) is 0 Å². The van der Waals surface area contributed by atoms with E-state index in [0.29, 0.717) is 0 Å². The lowest BCUT2D eigenvalue weighted by molar-refractivity contribution is 0.0710. The quantitative estimate of drug-likeness (QED) is 0.532. The highest BCUT2D eigenvalue weighted by molar-refractivity contribution is 5.43. The van der Waals surface area contributed by atoms with E-state index in [1.54, 1.807) is 0 Å². The summed E-state index contributed by atoms with van der Waals surface area (Å²) in [4.78, 5) is 0. The lowest BCUT2D eigenvalue weighted by Crippen LogP contribution is -2.25. The monoisotopic (exact) mass is 152 g/mol. The third kappa shape index (κ3) is 0.686. The van der Waals surface area contributed by atoms with E-state index in [0.717, 1.165) is 11.1 Å². The molecule has 0 aromatic carbocycles. The molecule has 2 atom stereocenters. The fraction of sp³-hybridized carbons (Fsp3) is 0.556. The Morgan fingerprint density at radius 1 is 1.45 bits per heavy atom. The average Bonchev–Trinajstić information content (AvgIpc) is 2.34. The predicted molar refractivity (Wildman–Crippen MR) is 42.0 cm³/mol. The van der Waals surface area contributed by atoms with Gasteiger partial charge in [0.05, 0.1) is 0 Å². The third-order valence-corrected chi connectivity index (χ3v) is 2.47. The van der Waals surface area contributed by atoms with Crippen LogP contribution in [0.1, 0.15) is 20.8 Å². The van der Waals surface area contributed by atoms with Gasteiger partial charge in [-0.2, -0.15) is 0 Å². The molecule has 2 aliphatic rings. The zero-order valence-electron chi connectivity index (χ0n) is 7.01. The number of ether oxygens (including phenoxy) is 1. The zero-order valence-corrected chi connectivity index (χ0v) is 7.01. The SMILES string of the molecule is CC1=CC2(C)OC2(O)C(C)=C1. The summed E-state index contributed by atoms with van der Waals surface area (Å²) in [5.41, 5.74) is 1.61. The van der Waals surface area contributed by atoms with Crippen molar-refractivity contribution < 1.29 is 9.84 Å². The topological polar surface area (TPSA) is 32.8 Å². The van der Waals surface area contributed by atoms with Crippen LogP contribution >= 0.6 is 0 Å². The Labute approximate surface area is 66.2 Å². The van der Waals surface area contributed by atoms with E-state index in [4.69, 9.17) is 4.74 Å². The highest BCUT2D eigenvalue weighted by Gasteiger charge is 2.67. The summed E-state index contributed by atoms with van der Waals surface area (Å²) in [5.74, 6) is -0.994. The maximum absolute atomic E-state index is 9.76. The Hall–Kier alpha value is -0.600. The van der Waals surface area contributed by atoms with Crippen LogP contribution in [0.5, 0.6) is 0 Å². The first kappa shape index (κ1) is 7.07. The Kier molecular flexibility index (Phi) is 1.02. The van der Waals surface area contributed by atoms with Gasteiger partial charge in [-0.15, -0.1) is 0 Å². The van der Waals surface area contributed by atoms with Crippen molar-refractivity contribution in [2.45, 2.75) is 32.2 Å². The molecule has 2 nitrogen and oxygen atoms in total. The lowest BCUT2D eigenvalue weighted by atomic mass is 9.90. The number of rotatable bonds is 0. The van der Waals surface area contributed by atoms with E-state index in [9.17, 15) is 5.11 Å². The van der Waals surface area contributed by atoms with Gasteiger partial charge in [-0.1, -0.05) is 11.6 Å². The molecule has 1 aliphatic heterocycles. The van der Waals surface area contributed by atoms with Crippen molar-refractivity contribution in [2.24, 2.45) is 0 Å². The Balaban J connectivity index is 2.47. The van der Waals surface area contributed by atoms with Gasteiger partial charge in [-0.3, -0.25) is 0 Å². The van der Waals surface area contributed by atoms with Crippen LogP contribution in [-0.4, -0.2) is 16.5 Å². The summed E-state index contributed by atoms with van der Waals surface area (Å²) in [6, 6.07) is 0. The molecule has 1 aliphatic carbocycles. The number of allylic oxidation sites excluding steroid dienone is 2. The first-order valence-corrected chi connectivity index (χ1v) is 3.79. The van der Waals surface area contributed by atoms with E-state index in [-0.39, 0.29) is 0 Å². The Bertz CT molecular complexity index is 277. The molecule has 0 aromatic heterocycles. The van der Waals surface area contributed by atoms with Gasteiger partial charge in [0, 0.05) is 0 Å². The summed E-state index contributed by atoms with van der Waals surface area (Å²) < 4.78 is 5.25. The van der Waals surface area contributed by atoms with E-state index in [1.165, 1.54) is 0 Å². The predicted octanol–water partition coefficient (Wildman–Crippen LogP) is 1.37. The molecule has 0 radical (unpaired) electrons. The second-order valence-electron chi connectivity index (χ2n) is 3.57. The molecule has 1 saturated heterocycles. The van der Waals surface area contributed by atoms with Crippen LogP contribution < -0.4 is 0 Å². The van der Waals surface area contributed by atoms with Crippen LogP contribution in [0.2, 0.25) is 0 Å². The molecule has 1 heterocycles. The number of epoxide rings is 1. The smallest absolute Gasteiger partial charge is 0.223 e.